The average molecular weight is 359 g/mol. The lowest BCUT2D eigenvalue weighted by atomic mass is 10.1. The van der Waals surface area contributed by atoms with E-state index in [2.05, 4.69) is 10.6 Å². The first-order valence-electron chi connectivity index (χ1n) is 8.23. The molecule has 1 aliphatic rings. The molecule has 2 aromatic rings. The van der Waals surface area contributed by atoms with Gasteiger partial charge in [-0.1, -0.05) is 6.07 Å². The number of rotatable bonds is 3. The number of aryl methyl sites for hydroxylation is 2. The van der Waals surface area contributed by atoms with Crippen LogP contribution < -0.4 is 15.5 Å². The van der Waals surface area contributed by atoms with Gasteiger partial charge < -0.3 is 15.5 Å². The van der Waals surface area contributed by atoms with Crippen molar-refractivity contribution in [1.29, 1.82) is 0 Å². The summed E-state index contributed by atoms with van der Waals surface area (Å²) in [6.07, 6.45) is 0.159. The van der Waals surface area contributed by atoms with Crippen LogP contribution in [0.5, 0.6) is 0 Å². The van der Waals surface area contributed by atoms with Gasteiger partial charge in [-0.15, -0.1) is 0 Å². The normalized spacial score (nSPS) is 16.7. The molecule has 0 saturated carbocycles. The number of anilines is 2. The number of benzene rings is 2. The molecule has 0 radical (unpaired) electrons. The summed E-state index contributed by atoms with van der Waals surface area (Å²) in [6.45, 7) is 4.30. The molecule has 1 heterocycles. The number of hydrogen-bond acceptors (Lipinski definition) is 2. The van der Waals surface area contributed by atoms with Crippen molar-refractivity contribution in [3.63, 3.8) is 0 Å². The van der Waals surface area contributed by atoms with Crippen molar-refractivity contribution in [2.45, 2.75) is 26.3 Å². The first kappa shape index (κ1) is 17.8. The molecule has 1 fully saturated rings. The highest BCUT2D eigenvalue weighted by atomic mass is 19.1. The largest absolute Gasteiger partial charge is 0.333 e. The molecule has 1 saturated heterocycles. The van der Waals surface area contributed by atoms with Crippen molar-refractivity contribution in [2.24, 2.45) is 0 Å². The summed E-state index contributed by atoms with van der Waals surface area (Å²) in [4.78, 5) is 25.9. The van der Waals surface area contributed by atoms with E-state index >= 15 is 0 Å². The summed E-state index contributed by atoms with van der Waals surface area (Å²) in [5, 5.41) is 4.98. The Morgan fingerprint density at radius 1 is 1.12 bits per heavy atom. The van der Waals surface area contributed by atoms with Crippen molar-refractivity contribution < 1.29 is 18.4 Å². The number of carbonyl (C=O) groups is 2. The van der Waals surface area contributed by atoms with Gasteiger partial charge in [0.25, 0.3) is 0 Å². The number of urea groups is 1. The maximum Gasteiger partial charge on any atom is 0.319 e. The SMILES string of the molecule is Cc1ccc(N2CC(NC(=O)Nc3ccc(F)cc3F)CC2=O)cc1C. The minimum Gasteiger partial charge on any atom is -0.333 e. The maximum absolute atomic E-state index is 13.6. The molecule has 1 atom stereocenters. The van der Waals surface area contributed by atoms with Crippen LogP contribution in [0.3, 0.4) is 0 Å². The molecule has 0 spiro atoms. The van der Waals surface area contributed by atoms with E-state index in [1.54, 1.807) is 4.90 Å². The first-order chi connectivity index (χ1) is 12.3. The van der Waals surface area contributed by atoms with E-state index < -0.39 is 23.7 Å². The van der Waals surface area contributed by atoms with E-state index in [0.717, 1.165) is 28.9 Å². The summed E-state index contributed by atoms with van der Waals surface area (Å²) in [5.41, 5.74) is 2.87. The number of amides is 3. The molecule has 0 bridgehead atoms. The second kappa shape index (κ2) is 7.11. The Morgan fingerprint density at radius 3 is 2.58 bits per heavy atom. The lowest BCUT2D eigenvalue weighted by Crippen LogP contribution is -2.39. The number of nitrogens with zero attached hydrogens (tertiary/aromatic N) is 1. The van der Waals surface area contributed by atoms with Crippen LogP contribution in [0.2, 0.25) is 0 Å². The molecule has 2 aromatic carbocycles. The summed E-state index contributed by atoms with van der Waals surface area (Å²) in [5.74, 6) is -1.68. The van der Waals surface area contributed by atoms with Gasteiger partial charge in [0.1, 0.15) is 11.6 Å². The highest BCUT2D eigenvalue weighted by Crippen LogP contribution is 2.24. The molecule has 5 nitrogen and oxygen atoms in total. The van der Waals surface area contributed by atoms with Crippen molar-refractivity contribution in [1.82, 2.24) is 5.32 Å². The van der Waals surface area contributed by atoms with Gasteiger partial charge in [0.15, 0.2) is 0 Å². The monoisotopic (exact) mass is 359 g/mol. The third-order valence-corrected chi connectivity index (χ3v) is 4.44. The van der Waals surface area contributed by atoms with E-state index in [1.807, 2.05) is 32.0 Å². The number of carbonyl (C=O) groups excluding carboxylic acids is 2. The van der Waals surface area contributed by atoms with Crippen molar-refractivity contribution in [3.8, 4) is 0 Å². The molecule has 0 aromatic heterocycles. The molecule has 0 aliphatic carbocycles. The smallest absolute Gasteiger partial charge is 0.319 e. The molecule has 136 valence electrons. The molecule has 2 N–H and O–H groups in total. The third kappa shape index (κ3) is 3.82. The van der Waals surface area contributed by atoms with Crippen LogP contribution in [-0.4, -0.2) is 24.5 Å². The van der Waals surface area contributed by atoms with Gasteiger partial charge in [0.05, 0.1) is 11.7 Å². The minimum atomic E-state index is -0.862. The summed E-state index contributed by atoms with van der Waals surface area (Å²) in [7, 11) is 0. The fourth-order valence-corrected chi connectivity index (χ4v) is 2.88. The Balaban J connectivity index is 1.63. The van der Waals surface area contributed by atoms with Gasteiger partial charge >= 0.3 is 6.03 Å². The molecule has 3 amide bonds. The lowest BCUT2D eigenvalue weighted by Gasteiger charge is -2.18. The Bertz CT molecular complexity index is 870. The maximum atomic E-state index is 13.6. The number of nitrogens with one attached hydrogen (secondary N) is 2. The highest BCUT2D eigenvalue weighted by molar-refractivity contribution is 5.97. The van der Waals surface area contributed by atoms with Crippen LogP contribution >= 0.6 is 0 Å². The van der Waals surface area contributed by atoms with E-state index in [9.17, 15) is 18.4 Å². The second-order valence-electron chi connectivity index (χ2n) is 6.40. The Labute approximate surface area is 150 Å². The molecular formula is C19H19F2N3O2. The van der Waals surface area contributed by atoms with Crippen LogP contribution in [0.4, 0.5) is 25.0 Å². The van der Waals surface area contributed by atoms with Crippen LogP contribution in [0.1, 0.15) is 17.5 Å². The minimum absolute atomic E-state index is 0.0912. The van der Waals surface area contributed by atoms with Gasteiger partial charge in [-0.2, -0.15) is 0 Å². The van der Waals surface area contributed by atoms with Crippen LogP contribution in [-0.2, 0) is 4.79 Å². The van der Waals surface area contributed by atoms with Crippen molar-refractivity contribution >= 4 is 23.3 Å². The average Bonchev–Trinajstić information content (AvgIpc) is 2.93. The van der Waals surface area contributed by atoms with E-state index in [-0.39, 0.29) is 18.0 Å². The quantitative estimate of drug-likeness (QED) is 0.881. The summed E-state index contributed by atoms with van der Waals surface area (Å²) >= 11 is 0. The topological polar surface area (TPSA) is 61.4 Å². The van der Waals surface area contributed by atoms with E-state index in [1.165, 1.54) is 0 Å². The predicted octanol–water partition coefficient (Wildman–Crippen LogP) is 3.51. The van der Waals surface area contributed by atoms with Crippen molar-refractivity contribution in [3.05, 3.63) is 59.2 Å². The van der Waals surface area contributed by atoms with Crippen LogP contribution in [0, 0.1) is 25.5 Å². The van der Waals surface area contributed by atoms with Crippen LogP contribution in [0.25, 0.3) is 0 Å². The number of hydrogen-bond donors (Lipinski definition) is 2. The molecule has 3 rings (SSSR count). The predicted molar refractivity (Wildman–Crippen MR) is 95.2 cm³/mol. The molecule has 7 heteroatoms. The van der Waals surface area contributed by atoms with Crippen molar-refractivity contribution in [2.75, 3.05) is 16.8 Å². The standard InChI is InChI=1S/C19H19F2N3O2/c1-11-3-5-15(7-12(11)2)24-10-14(9-18(24)25)22-19(26)23-17-6-4-13(20)8-16(17)21/h3-8,14H,9-10H2,1-2H3,(H2,22,23,26). The lowest BCUT2D eigenvalue weighted by molar-refractivity contribution is -0.117. The van der Waals surface area contributed by atoms with Gasteiger partial charge in [0.2, 0.25) is 5.91 Å². The van der Waals surface area contributed by atoms with Gasteiger partial charge in [-0.05, 0) is 49.2 Å². The first-order valence-corrected chi connectivity index (χ1v) is 8.23. The fraction of sp³-hybridized carbons (Fsp3) is 0.263. The van der Waals surface area contributed by atoms with E-state index in [4.69, 9.17) is 0 Å². The molecule has 1 aliphatic heterocycles. The van der Waals surface area contributed by atoms with Gasteiger partial charge in [-0.25, -0.2) is 13.6 Å². The zero-order valence-electron chi connectivity index (χ0n) is 14.5. The van der Waals surface area contributed by atoms with E-state index in [0.29, 0.717) is 12.6 Å². The Hall–Kier alpha value is -2.96. The van der Waals surface area contributed by atoms with Gasteiger partial charge in [-0.3, -0.25) is 4.79 Å². The summed E-state index contributed by atoms with van der Waals surface area (Å²) in [6, 6.07) is 7.60. The molecule has 26 heavy (non-hydrogen) atoms. The zero-order chi connectivity index (χ0) is 18.8. The number of halogens is 2. The molecular weight excluding hydrogens is 340 g/mol. The van der Waals surface area contributed by atoms with Crippen LogP contribution in [0.15, 0.2) is 36.4 Å². The highest BCUT2D eigenvalue weighted by Gasteiger charge is 2.31. The molecule has 1 unspecified atom stereocenters. The van der Waals surface area contributed by atoms with Gasteiger partial charge in [0, 0.05) is 24.7 Å². The second-order valence-corrected chi connectivity index (χ2v) is 6.40. The fourth-order valence-electron chi connectivity index (χ4n) is 2.88. The third-order valence-electron chi connectivity index (χ3n) is 4.44. The Morgan fingerprint density at radius 2 is 1.88 bits per heavy atom. The summed E-state index contributed by atoms with van der Waals surface area (Å²) < 4.78 is 26.5. The Kier molecular flexibility index (Phi) is 4.88. The zero-order valence-corrected chi connectivity index (χ0v) is 14.5.